The predicted octanol–water partition coefficient (Wildman–Crippen LogP) is 3.06. The Labute approximate surface area is 170 Å². The van der Waals surface area contributed by atoms with Crippen molar-refractivity contribution in [1.29, 1.82) is 0 Å². The van der Waals surface area contributed by atoms with Gasteiger partial charge in [0.2, 0.25) is 0 Å². The second kappa shape index (κ2) is 8.68. The van der Waals surface area contributed by atoms with Crippen LogP contribution in [0.2, 0.25) is 0 Å². The van der Waals surface area contributed by atoms with Crippen molar-refractivity contribution in [2.24, 2.45) is 0 Å². The van der Waals surface area contributed by atoms with Crippen molar-refractivity contribution in [2.45, 2.75) is 19.9 Å². The Morgan fingerprint density at radius 2 is 2.00 bits per heavy atom. The maximum atomic E-state index is 13.2. The fourth-order valence-corrected chi connectivity index (χ4v) is 3.69. The molecule has 0 saturated carbocycles. The molecule has 0 bridgehead atoms. The lowest BCUT2D eigenvalue weighted by atomic mass is 10.0. The van der Waals surface area contributed by atoms with Gasteiger partial charge in [-0.25, -0.2) is 4.98 Å². The molecule has 2 aromatic heterocycles. The van der Waals surface area contributed by atoms with Gasteiger partial charge < -0.3 is 10.1 Å². The van der Waals surface area contributed by atoms with Gasteiger partial charge in [0.1, 0.15) is 0 Å². The fraction of sp³-hybridized carbons (Fsp3) is 0.348. The van der Waals surface area contributed by atoms with Crippen molar-refractivity contribution in [3.05, 3.63) is 59.8 Å². The van der Waals surface area contributed by atoms with Gasteiger partial charge in [0.25, 0.3) is 5.91 Å². The number of carbonyl (C=O) groups is 1. The number of aromatic nitrogens is 2. The van der Waals surface area contributed by atoms with E-state index in [0.29, 0.717) is 11.3 Å². The number of amides is 1. The Hall–Kier alpha value is -2.83. The van der Waals surface area contributed by atoms with Gasteiger partial charge in [-0.3, -0.25) is 14.7 Å². The normalized spacial score (nSPS) is 15.9. The number of nitrogens with one attached hydrogen (secondary N) is 1. The average Bonchev–Trinajstić information content (AvgIpc) is 2.74. The molecule has 1 aliphatic heterocycles. The monoisotopic (exact) mass is 390 g/mol. The minimum Gasteiger partial charge on any atom is -0.379 e. The lowest BCUT2D eigenvalue weighted by Crippen LogP contribution is -2.46. The highest BCUT2D eigenvalue weighted by molar-refractivity contribution is 6.07. The first-order valence-corrected chi connectivity index (χ1v) is 10.0. The van der Waals surface area contributed by atoms with Gasteiger partial charge in [0, 0.05) is 37.3 Å². The molecule has 1 N–H and O–H groups in total. The number of hydrogen-bond donors (Lipinski definition) is 1. The van der Waals surface area contributed by atoms with E-state index in [1.54, 1.807) is 6.20 Å². The molecule has 0 spiro atoms. The number of carbonyl (C=O) groups excluding carboxylic acids is 1. The Balaban J connectivity index is 1.63. The molecule has 1 amide bonds. The summed E-state index contributed by atoms with van der Waals surface area (Å²) >= 11 is 0. The summed E-state index contributed by atoms with van der Waals surface area (Å²) in [6.45, 7) is 8.19. The highest BCUT2D eigenvalue weighted by atomic mass is 16.5. The standard InChI is InChI=1S/C23H26N4O2/c1-16-6-7-20-18(13-16)19(14-22(26-20)21-5-3-4-8-24-21)23(28)25-17(2)15-27-9-11-29-12-10-27/h3-8,13-14,17H,9-12,15H2,1-2H3,(H,25,28)/t17-/m0/s1. The molecule has 29 heavy (non-hydrogen) atoms. The molecule has 1 aromatic carbocycles. The molecule has 150 valence electrons. The van der Waals surface area contributed by atoms with E-state index in [4.69, 9.17) is 9.72 Å². The number of nitrogens with zero attached hydrogens (tertiary/aromatic N) is 3. The summed E-state index contributed by atoms with van der Waals surface area (Å²) in [5, 5.41) is 4.03. The highest BCUT2D eigenvalue weighted by Gasteiger charge is 2.19. The number of rotatable bonds is 5. The summed E-state index contributed by atoms with van der Waals surface area (Å²) in [5.41, 5.74) is 3.98. The first-order chi connectivity index (χ1) is 14.1. The molecule has 6 nitrogen and oxygen atoms in total. The van der Waals surface area contributed by atoms with Gasteiger partial charge in [-0.05, 0) is 44.2 Å². The lowest BCUT2D eigenvalue weighted by Gasteiger charge is -2.29. The quantitative estimate of drug-likeness (QED) is 0.725. The second-order valence-electron chi connectivity index (χ2n) is 7.58. The van der Waals surface area contributed by atoms with Gasteiger partial charge in [0.15, 0.2) is 0 Å². The number of morpholine rings is 1. The molecule has 3 heterocycles. The van der Waals surface area contributed by atoms with Crippen LogP contribution in [0.3, 0.4) is 0 Å². The molecule has 3 aromatic rings. The summed E-state index contributed by atoms with van der Waals surface area (Å²) in [6, 6.07) is 13.6. The van der Waals surface area contributed by atoms with Gasteiger partial charge in [-0.15, -0.1) is 0 Å². The van der Waals surface area contributed by atoms with Gasteiger partial charge in [-0.2, -0.15) is 0 Å². The minimum absolute atomic E-state index is 0.0342. The summed E-state index contributed by atoms with van der Waals surface area (Å²) in [6.07, 6.45) is 1.74. The van der Waals surface area contributed by atoms with Crippen LogP contribution >= 0.6 is 0 Å². The molecule has 6 heteroatoms. The predicted molar refractivity (Wildman–Crippen MR) is 114 cm³/mol. The van der Waals surface area contributed by atoms with Crippen LogP contribution in [0.4, 0.5) is 0 Å². The van der Waals surface area contributed by atoms with Gasteiger partial charge in [-0.1, -0.05) is 17.7 Å². The molecule has 1 atom stereocenters. The molecular weight excluding hydrogens is 364 g/mol. The van der Waals surface area contributed by atoms with Crippen molar-refractivity contribution >= 4 is 16.8 Å². The number of ether oxygens (including phenoxy) is 1. The largest absolute Gasteiger partial charge is 0.379 e. The van der Waals surface area contributed by atoms with Crippen molar-refractivity contribution < 1.29 is 9.53 Å². The Kier molecular flexibility index (Phi) is 5.83. The molecule has 4 rings (SSSR count). The van der Waals surface area contributed by atoms with Crippen LogP contribution in [0.5, 0.6) is 0 Å². The van der Waals surface area contributed by atoms with E-state index < -0.39 is 0 Å². The smallest absolute Gasteiger partial charge is 0.252 e. The van der Waals surface area contributed by atoms with Gasteiger partial charge in [0.05, 0.1) is 35.7 Å². The van der Waals surface area contributed by atoms with Crippen molar-refractivity contribution in [2.75, 3.05) is 32.8 Å². The van der Waals surface area contributed by atoms with E-state index in [0.717, 1.165) is 55.0 Å². The number of fused-ring (bicyclic) bond motifs is 1. The Morgan fingerprint density at radius 3 is 2.76 bits per heavy atom. The van der Waals surface area contributed by atoms with Crippen LogP contribution in [0.15, 0.2) is 48.7 Å². The van der Waals surface area contributed by atoms with E-state index in [9.17, 15) is 4.79 Å². The van der Waals surface area contributed by atoms with Crippen LogP contribution < -0.4 is 5.32 Å². The molecule has 1 saturated heterocycles. The van der Waals surface area contributed by atoms with Crippen molar-refractivity contribution in [1.82, 2.24) is 20.2 Å². The SMILES string of the molecule is Cc1ccc2nc(-c3ccccn3)cc(C(=O)N[C@@H](C)CN3CCOCC3)c2c1. The first-order valence-electron chi connectivity index (χ1n) is 10.0. The van der Waals surface area contributed by atoms with Gasteiger partial charge >= 0.3 is 0 Å². The maximum absolute atomic E-state index is 13.2. The zero-order valence-corrected chi connectivity index (χ0v) is 16.9. The summed E-state index contributed by atoms with van der Waals surface area (Å²) in [5.74, 6) is -0.0825. The lowest BCUT2D eigenvalue weighted by molar-refractivity contribution is 0.0342. The molecule has 0 radical (unpaired) electrons. The number of aryl methyl sites for hydroxylation is 1. The van der Waals surface area contributed by atoms with Crippen LogP contribution in [-0.4, -0.2) is 59.7 Å². The van der Waals surface area contributed by atoms with Crippen LogP contribution in [0.1, 0.15) is 22.8 Å². The second-order valence-corrected chi connectivity index (χ2v) is 7.58. The third-order valence-electron chi connectivity index (χ3n) is 5.15. The fourth-order valence-electron chi connectivity index (χ4n) is 3.69. The molecular formula is C23H26N4O2. The zero-order valence-electron chi connectivity index (χ0n) is 16.9. The number of benzene rings is 1. The summed E-state index contributed by atoms with van der Waals surface area (Å²) in [7, 11) is 0. The van der Waals surface area contributed by atoms with E-state index in [1.165, 1.54) is 0 Å². The minimum atomic E-state index is -0.0825. The molecule has 1 aliphatic rings. The number of hydrogen-bond acceptors (Lipinski definition) is 5. The Morgan fingerprint density at radius 1 is 1.17 bits per heavy atom. The van der Waals surface area contributed by atoms with Crippen molar-refractivity contribution in [3.63, 3.8) is 0 Å². The molecule has 0 aliphatic carbocycles. The Bertz CT molecular complexity index is 1000. The summed E-state index contributed by atoms with van der Waals surface area (Å²) in [4.78, 5) is 24.7. The van der Waals surface area contributed by atoms with E-state index >= 15 is 0 Å². The average molecular weight is 390 g/mol. The van der Waals surface area contributed by atoms with E-state index in [2.05, 4.69) is 15.2 Å². The zero-order chi connectivity index (χ0) is 20.2. The highest BCUT2D eigenvalue weighted by Crippen LogP contribution is 2.25. The first kappa shape index (κ1) is 19.5. The van der Waals surface area contributed by atoms with Crippen LogP contribution in [0.25, 0.3) is 22.3 Å². The topological polar surface area (TPSA) is 67.4 Å². The number of pyridine rings is 2. The van der Waals surface area contributed by atoms with E-state index in [1.807, 2.05) is 56.3 Å². The molecule has 1 fully saturated rings. The maximum Gasteiger partial charge on any atom is 0.252 e. The van der Waals surface area contributed by atoms with Crippen molar-refractivity contribution in [3.8, 4) is 11.4 Å². The summed E-state index contributed by atoms with van der Waals surface area (Å²) < 4.78 is 5.40. The van der Waals surface area contributed by atoms with Crippen LogP contribution in [-0.2, 0) is 4.74 Å². The van der Waals surface area contributed by atoms with Crippen LogP contribution in [0, 0.1) is 6.92 Å². The molecule has 0 unspecified atom stereocenters. The third-order valence-corrected chi connectivity index (χ3v) is 5.15. The third kappa shape index (κ3) is 4.60. The van der Waals surface area contributed by atoms with E-state index in [-0.39, 0.29) is 11.9 Å².